The first kappa shape index (κ1) is 16.0. The predicted molar refractivity (Wildman–Crippen MR) is 89.9 cm³/mol. The summed E-state index contributed by atoms with van der Waals surface area (Å²) in [7, 11) is 0. The summed E-state index contributed by atoms with van der Waals surface area (Å²) < 4.78 is 1.20. The van der Waals surface area contributed by atoms with Crippen LogP contribution >= 0.6 is 15.9 Å². The summed E-state index contributed by atoms with van der Waals surface area (Å²) in [6.07, 6.45) is 6.79. The highest BCUT2D eigenvalue weighted by molar-refractivity contribution is 9.10. The number of aryl methyl sites for hydroxylation is 1. The van der Waals surface area contributed by atoms with E-state index in [1.165, 1.54) is 47.7 Å². The van der Waals surface area contributed by atoms with Gasteiger partial charge < -0.3 is 5.73 Å². The van der Waals surface area contributed by atoms with E-state index in [9.17, 15) is 0 Å². The first-order chi connectivity index (χ1) is 9.67. The van der Waals surface area contributed by atoms with Crippen LogP contribution in [0.3, 0.4) is 0 Å². The molecule has 0 radical (unpaired) electrons. The van der Waals surface area contributed by atoms with E-state index in [1.807, 2.05) is 0 Å². The minimum Gasteiger partial charge on any atom is -0.329 e. The van der Waals surface area contributed by atoms with Crippen molar-refractivity contribution in [1.29, 1.82) is 0 Å². The Hall–Kier alpha value is -0.380. The molecule has 0 spiro atoms. The summed E-state index contributed by atoms with van der Waals surface area (Å²) in [6.45, 7) is 6.16. The average Bonchev–Trinajstić information content (AvgIpc) is 2.46. The normalized spacial score (nSPS) is 18.4. The second kappa shape index (κ2) is 7.58. The fraction of sp³-hybridized carbons (Fsp3) is 0.647. The van der Waals surface area contributed by atoms with E-state index in [-0.39, 0.29) is 0 Å². The molecule has 0 aromatic heterocycles. The van der Waals surface area contributed by atoms with Gasteiger partial charge in [-0.25, -0.2) is 0 Å². The molecule has 1 fully saturated rings. The maximum Gasteiger partial charge on any atom is 0.0484 e. The van der Waals surface area contributed by atoms with Crippen LogP contribution in [-0.4, -0.2) is 24.0 Å². The largest absolute Gasteiger partial charge is 0.329 e. The molecular formula is C17H27BrN2. The first-order valence-corrected chi connectivity index (χ1v) is 8.68. The van der Waals surface area contributed by atoms with Crippen molar-refractivity contribution in [1.82, 2.24) is 4.90 Å². The van der Waals surface area contributed by atoms with Crippen LogP contribution in [0.25, 0.3) is 0 Å². The van der Waals surface area contributed by atoms with E-state index in [0.29, 0.717) is 18.6 Å². The zero-order chi connectivity index (χ0) is 14.5. The average molecular weight is 339 g/mol. The standard InChI is InChI=1S/C17H27BrN2/c1-3-20(14-7-5-4-6-8-14)17(12-19)15-10-9-13(2)11-16(15)18/h9-11,14,17H,3-8,12,19H2,1-2H3. The fourth-order valence-corrected chi connectivity index (χ4v) is 4.25. The van der Waals surface area contributed by atoms with Gasteiger partial charge in [-0.1, -0.05) is 54.2 Å². The van der Waals surface area contributed by atoms with Gasteiger partial charge in [0.2, 0.25) is 0 Å². The second-order valence-electron chi connectivity index (χ2n) is 5.90. The smallest absolute Gasteiger partial charge is 0.0484 e. The Morgan fingerprint density at radius 1 is 1.30 bits per heavy atom. The van der Waals surface area contributed by atoms with E-state index < -0.39 is 0 Å². The van der Waals surface area contributed by atoms with Crippen LogP contribution in [0.4, 0.5) is 0 Å². The topological polar surface area (TPSA) is 29.3 Å². The van der Waals surface area contributed by atoms with Crippen LogP contribution < -0.4 is 5.73 Å². The molecule has 2 rings (SSSR count). The molecule has 2 nitrogen and oxygen atoms in total. The van der Waals surface area contributed by atoms with Crippen molar-refractivity contribution >= 4 is 15.9 Å². The van der Waals surface area contributed by atoms with Crippen molar-refractivity contribution in [2.24, 2.45) is 5.73 Å². The molecule has 0 aliphatic heterocycles. The Bertz CT molecular complexity index is 427. The Morgan fingerprint density at radius 3 is 2.55 bits per heavy atom. The molecule has 1 saturated carbocycles. The van der Waals surface area contributed by atoms with E-state index in [1.54, 1.807) is 0 Å². The second-order valence-corrected chi connectivity index (χ2v) is 6.75. The summed E-state index contributed by atoms with van der Waals surface area (Å²) in [5.41, 5.74) is 8.76. The predicted octanol–water partition coefficient (Wildman–Crippen LogP) is 4.41. The van der Waals surface area contributed by atoms with Crippen LogP contribution in [-0.2, 0) is 0 Å². The molecule has 0 saturated heterocycles. The third-order valence-corrected chi connectivity index (χ3v) is 5.23. The van der Waals surface area contributed by atoms with Crippen molar-refractivity contribution in [2.45, 2.75) is 58.0 Å². The highest BCUT2D eigenvalue weighted by atomic mass is 79.9. The van der Waals surface area contributed by atoms with Crippen molar-refractivity contribution in [3.63, 3.8) is 0 Å². The molecule has 2 N–H and O–H groups in total. The number of hydrogen-bond donors (Lipinski definition) is 1. The third-order valence-electron chi connectivity index (χ3n) is 4.55. The van der Waals surface area contributed by atoms with Gasteiger partial charge in [0, 0.05) is 23.1 Å². The first-order valence-electron chi connectivity index (χ1n) is 7.89. The number of nitrogens with zero attached hydrogens (tertiary/aromatic N) is 1. The van der Waals surface area contributed by atoms with Crippen molar-refractivity contribution < 1.29 is 0 Å². The molecule has 1 aliphatic rings. The summed E-state index contributed by atoms with van der Waals surface area (Å²) in [5.74, 6) is 0. The summed E-state index contributed by atoms with van der Waals surface area (Å²) in [6, 6.07) is 7.67. The van der Waals surface area contributed by atoms with E-state index >= 15 is 0 Å². The molecule has 0 heterocycles. The van der Waals surface area contributed by atoms with Gasteiger partial charge in [0.15, 0.2) is 0 Å². The molecule has 1 aromatic rings. The molecule has 0 bridgehead atoms. The number of halogens is 1. The lowest BCUT2D eigenvalue weighted by atomic mass is 9.91. The Kier molecular flexibility index (Phi) is 6.06. The van der Waals surface area contributed by atoms with Crippen LogP contribution in [0.5, 0.6) is 0 Å². The van der Waals surface area contributed by atoms with Gasteiger partial charge in [-0.05, 0) is 43.5 Å². The van der Waals surface area contributed by atoms with Gasteiger partial charge >= 0.3 is 0 Å². The highest BCUT2D eigenvalue weighted by Gasteiger charge is 2.27. The maximum absolute atomic E-state index is 6.13. The van der Waals surface area contributed by atoms with Crippen molar-refractivity contribution in [2.75, 3.05) is 13.1 Å². The van der Waals surface area contributed by atoms with Gasteiger partial charge in [0.1, 0.15) is 0 Å². The lowest BCUT2D eigenvalue weighted by Gasteiger charge is -2.39. The maximum atomic E-state index is 6.13. The van der Waals surface area contributed by atoms with E-state index in [2.05, 4.69) is 52.9 Å². The molecule has 20 heavy (non-hydrogen) atoms. The number of nitrogens with two attached hydrogens (primary N) is 1. The van der Waals surface area contributed by atoms with Gasteiger partial charge in [-0.15, -0.1) is 0 Å². The Labute approximate surface area is 131 Å². The Balaban J connectivity index is 2.23. The number of rotatable bonds is 5. The minimum absolute atomic E-state index is 0.332. The molecule has 1 unspecified atom stereocenters. The van der Waals surface area contributed by atoms with Crippen molar-refractivity contribution in [3.05, 3.63) is 33.8 Å². The summed E-state index contributed by atoms with van der Waals surface area (Å²) in [4.78, 5) is 2.62. The summed E-state index contributed by atoms with van der Waals surface area (Å²) in [5, 5.41) is 0. The zero-order valence-corrected chi connectivity index (χ0v) is 14.3. The van der Waals surface area contributed by atoms with E-state index in [4.69, 9.17) is 5.73 Å². The molecule has 112 valence electrons. The highest BCUT2D eigenvalue weighted by Crippen LogP contribution is 2.33. The molecule has 1 aromatic carbocycles. The Morgan fingerprint density at radius 2 is 2.00 bits per heavy atom. The number of hydrogen-bond acceptors (Lipinski definition) is 2. The monoisotopic (exact) mass is 338 g/mol. The number of benzene rings is 1. The van der Waals surface area contributed by atoms with Crippen LogP contribution in [0.1, 0.15) is 56.2 Å². The fourth-order valence-electron chi connectivity index (χ4n) is 3.49. The van der Waals surface area contributed by atoms with Crippen LogP contribution in [0.15, 0.2) is 22.7 Å². The molecular weight excluding hydrogens is 312 g/mol. The van der Waals surface area contributed by atoms with Gasteiger partial charge in [-0.3, -0.25) is 4.90 Å². The lowest BCUT2D eigenvalue weighted by Crippen LogP contribution is -2.42. The van der Waals surface area contributed by atoms with Gasteiger partial charge in [0.25, 0.3) is 0 Å². The summed E-state index contributed by atoms with van der Waals surface area (Å²) >= 11 is 3.73. The van der Waals surface area contributed by atoms with Gasteiger partial charge in [-0.2, -0.15) is 0 Å². The zero-order valence-electron chi connectivity index (χ0n) is 12.7. The van der Waals surface area contributed by atoms with Gasteiger partial charge in [0.05, 0.1) is 0 Å². The van der Waals surface area contributed by atoms with Crippen molar-refractivity contribution in [3.8, 4) is 0 Å². The third kappa shape index (κ3) is 3.63. The molecule has 0 amide bonds. The van der Waals surface area contributed by atoms with Crippen LogP contribution in [0.2, 0.25) is 0 Å². The van der Waals surface area contributed by atoms with E-state index in [0.717, 1.165) is 6.54 Å². The lowest BCUT2D eigenvalue weighted by molar-refractivity contribution is 0.113. The number of likely N-dealkylation sites (N-methyl/N-ethyl adjacent to an activating group) is 1. The molecule has 1 aliphatic carbocycles. The quantitative estimate of drug-likeness (QED) is 0.861. The SMILES string of the molecule is CCN(C1CCCCC1)C(CN)c1ccc(C)cc1Br. The minimum atomic E-state index is 0.332. The molecule has 1 atom stereocenters. The van der Waals surface area contributed by atoms with Crippen LogP contribution in [0, 0.1) is 6.92 Å². The molecule has 3 heteroatoms.